The number of unbranched alkanes of at least 4 members (excludes halogenated alkanes) is 1. The quantitative estimate of drug-likeness (QED) is 0.00875. The van der Waals surface area contributed by atoms with Gasteiger partial charge < -0.3 is 50.9 Å². The molecule has 0 saturated carbocycles. The highest BCUT2D eigenvalue weighted by atomic mass is 19.1. The molecule has 8 aromatic rings. The Balaban J connectivity index is 0.800. The number of alkyl carbamates (subject to hydrolysis) is 1. The van der Waals surface area contributed by atoms with Crippen LogP contribution >= 0.6 is 0 Å². The second-order valence-electron chi connectivity index (χ2n) is 24.5. The van der Waals surface area contributed by atoms with Gasteiger partial charge in [-0.1, -0.05) is 153 Å². The van der Waals surface area contributed by atoms with Gasteiger partial charge in [-0.05, 0) is 128 Å². The highest BCUT2D eigenvalue weighted by Gasteiger charge is 2.46. The van der Waals surface area contributed by atoms with Gasteiger partial charge in [-0.2, -0.15) is 0 Å². The number of amides is 4. The average molecular weight is 1290 g/mol. The number of benzene rings is 6. The summed E-state index contributed by atoms with van der Waals surface area (Å²) in [6.45, 7) is 9.01. The average Bonchev–Trinajstić information content (AvgIpc) is 1.61. The van der Waals surface area contributed by atoms with Crippen LogP contribution in [0.3, 0.4) is 0 Å². The van der Waals surface area contributed by atoms with Crippen molar-refractivity contribution in [1.82, 2.24) is 30.8 Å². The normalized spacial score (nSPS) is 16.2. The first-order chi connectivity index (χ1) is 45.9. The molecule has 95 heavy (non-hydrogen) atoms. The number of esters is 2. The fourth-order valence-electron chi connectivity index (χ4n) is 13.2. The maximum absolute atomic E-state index is 15.6. The number of carbonyl (C=O) groups is 6. The molecular formula is C75H77FN8O11. The topological polar surface area (TPSA) is 271 Å². The zero-order valence-corrected chi connectivity index (χ0v) is 53.3. The van der Waals surface area contributed by atoms with Gasteiger partial charge in [0, 0.05) is 41.1 Å². The molecule has 4 amide bonds. The lowest BCUT2D eigenvalue weighted by atomic mass is 9.76. The van der Waals surface area contributed by atoms with Crippen LogP contribution < -0.4 is 37.9 Å². The molecule has 2 aliphatic heterocycles. The third-order valence-corrected chi connectivity index (χ3v) is 18.4. The first-order valence-corrected chi connectivity index (χ1v) is 32.1. The molecule has 490 valence electrons. The first kappa shape index (κ1) is 66.3. The molecule has 0 spiro atoms. The van der Waals surface area contributed by atoms with Crippen molar-refractivity contribution >= 4 is 52.3 Å². The summed E-state index contributed by atoms with van der Waals surface area (Å²) >= 11 is 0. The van der Waals surface area contributed by atoms with E-state index in [0.29, 0.717) is 82.5 Å². The molecule has 19 nitrogen and oxygen atoms in total. The molecule has 3 unspecified atom stereocenters. The van der Waals surface area contributed by atoms with Gasteiger partial charge in [0.05, 0.1) is 46.6 Å². The smallest absolute Gasteiger partial charge is 0.407 e. The van der Waals surface area contributed by atoms with Crippen LogP contribution in [0.15, 0.2) is 169 Å². The minimum absolute atomic E-state index is 0.00842. The maximum Gasteiger partial charge on any atom is 0.407 e. The number of ether oxygens (including phenoxy) is 3. The second-order valence-corrected chi connectivity index (χ2v) is 24.5. The highest BCUT2D eigenvalue weighted by molar-refractivity contribution is 5.99. The predicted octanol–water partition coefficient (Wildman–Crippen LogP) is 9.49. The number of hydrogen-bond acceptors (Lipinski definition) is 14. The van der Waals surface area contributed by atoms with Crippen LogP contribution in [0.2, 0.25) is 0 Å². The number of nitrogens with zero attached hydrogens (tertiary/aromatic N) is 2. The van der Waals surface area contributed by atoms with Crippen LogP contribution in [0.4, 0.5) is 14.9 Å². The van der Waals surface area contributed by atoms with Crippen LogP contribution in [-0.2, 0) is 81.9 Å². The van der Waals surface area contributed by atoms with E-state index < -0.39 is 82.4 Å². The number of pyridine rings is 2. The van der Waals surface area contributed by atoms with Crippen molar-refractivity contribution in [1.29, 1.82) is 0 Å². The Bertz CT molecular complexity index is 4230. The van der Waals surface area contributed by atoms with Crippen molar-refractivity contribution < 1.29 is 52.5 Å². The van der Waals surface area contributed by atoms with Crippen molar-refractivity contribution in [2.75, 3.05) is 18.5 Å². The molecule has 0 bridgehead atoms. The molecule has 0 fully saturated rings. The number of rotatable bonds is 26. The van der Waals surface area contributed by atoms with E-state index >= 15 is 4.39 Å². The third kappa shape index (κ3) is 14.1. The van der Waals surface area contributed by atoms with Gasteiger partial charge in [0.1, 0.15) is 37.7 Å². The molecule has 1 aliphatic carbocycles. The van der Waals surface area contributed by atoms with E-state index in [1.54, 1.807) is 44.2 Å². The second kappa shape index (κ2) is 29.0. The summed E-state index contributed by atoms with van der Waals surface area (Å²) in [6, 6.07) is 43.5. The first-order valence-electron chi connectivity index (χ1n) is 32.1. The number of halogens is 1. The van der Waals surface area contributed by atoms with Gasteiger partial charge >= 0.3 is 18.0 Å². The lowest BCUT2D eigenvalue weighted by molar-refractivity contribution is -0.172. The van der Waals surface area contributed by atoms with E-state index in [-0.39, 0.29) is 69.6 Å². The third-order valence-electron chi connectivity index (χ3n) is 18.4. The van der Waals surface area contributed by atoms with Crippen LogP contribution in [-0.4, -0.2) is 81.7 Å². The van der Waals surface area contributed by atoms with E-state index in [9.17, 15) is 38.7 Å². The number of aryl methyl sites for hydroxylation is 2. The number of nitrogens with two attached hydrogens (primary N) is 1. The molecule has 4 heterocycles. The largest absolute Gasteiger partial charge is 0.461 e. The number of hydrogen-bond donors (Lipinski definition) is 7. The maximum atomic E-state index is 15.6. The molecule has 5 atom stereocenters. The summed E-state index contributed by atoms with van der Waals surface area (Å²) in [5.74, 6) is -3.69. The number of anilines is 1. The number of aliphatic hydroxyl groups is 1. The number of fused-ring (bicyclic) bond motifs is 5. The molecular weight excluding hydrogens is 1210 g/mol. The summed E-state index contributed by atoms with van der Waals surface area (Å²) in [6.07, 6.45) is 2.53. The predicted molar refractivity (Wildman–Crippen MR) is 357 cm³/mol. The number of carbonyl (C=O) groups excluding carboxylic acids is 6. The monoisotopic (exact) mass is 1280 g/mol. The van der Waals surface area contributed by atoms with Crippen LogP contribution in [0.25, 0.3) is 22.3 Å². The Kier molecular flexibility index (Phi) is 20.3. The summed E-state index contributed by atoms with van der Waals surface area (Å²) in [5, 5.41) is 27.8. The van der Waals surface area contributed by atoms with Crippen molar-refractivity contribution in [3.8, 4) is 11.4 Å². The van der Waals surface area contributed by atoms with Gasteiger partial charge in [-0.25, -0.2) is 19.0 Å². The van der Waals surface area contributed by atoms with E-state index in [1.807, 2.05) is 66.7 Å². The number of aromatic nitrogens is 2. The molecule has 0 saturated heterocycles. The molecule has 11 rings (SSSR count). The van der Waals surface area contributed by atoms with Gasteiger partial charge in [0.15, 0.2) is 5.60 Å². The Morgan fingerprint density at radius 2 is 1.46 bits per heavy atom. The summed E-state index contributed by atoms with van der Waals surface area (Å²) in [5.41, 5.74) is 12.8. The molecule has 20 heteroatoms. The van der Waals surface area contributed by atoms with E-state index in [4.69, 9.17) is 24.9 Å². The minimum atomic E-state index is -2.05. The van der Waals surface area contributed by atoms with Gasteiger partial charge in [0.2, 0.25) is 17.7 Å². The van der Waals surface area contributed by atoms with Crippen LogP contribution in [0.1, 0.15) is 125 Å². The summed E-state index contributed by atoms with van der Waals surface area (Å²) in [7, 11) is 0. The van der Waals surface area contributed by atoms with Gasteiger partial charge in [-0.15, -0.1) is 0 Å². The fraction of sp³-hybridized carbons (Fsp3) is 0.307. The Morgan fingerprint density at radius 1 is 0.800 bits per heavy atom. The van der Waals surface area contributed by atoms with Crippen molar-refractivity contribution in [3.05, 3.63) is 247 Å². The highest BCUT2D eigenvalue weighted by Crippen LogP contribution is 2.46. The number of cyclic esters (lactones) is 1. The lowest BCUT2D eigenvalue weighted by Crippen LogP contribution is -2.55. The summed E-state index contributed by atoms with van der Waals surface area (Å²) in [4.78, 5) is 101. The Morgan fingerprint density at radius 3 is 2.14 bits per heavy atom. The number of nitrogens with one attached hydrogen (secondary N) is 5. The van der Waals surface area contributed by atoms with Gasteiger partial charge in [0.25, 0.3) is 5.56 Å². The van der Waals surface area contributed by atoms with Crippen molar-refractivity contribution in [2.45, 2.75) is 134 Å². The minimum Gasteiger partial charge on any atom is -0.461 e. The van der Waals surface area contributed by atoms with E-state index in [2.05, 4.69) is 88.6 Å². The zero-order chi connectivity index (χ0) is 67.0. The molecule has 8 N–H and O–H groups in total. The van der Waals surface area contributed by atoms with Crippen molar-refractivity contribution in [3.63, 3.8) is 0 Å². The standard InChI is InChI=1S/C75H77FN8O11/c1-5-38-93-64(85)36-34-58(77)68(86)82-62(39-47-18-10-7-11-19-47)70(88)81-60(24-16-17-37-78-75(49-20-12-8-13-21-49,50-22-14-9-15-23-50)51-29-25-45(3)26-30-51)69(87)79-52-31-27-48(28-32-52)43-95-73(91)83-59-35-33-53-46(4)57(76)41-61-65(53)66(59)54-42-84-63(67(54)80-61)40-56-55(71(84)89)44-94-72(90)74(56,92)6-2/h5,7-15,18-23,25-32,40-41,58-60,62,78,92H,1,6,16-17,24,33-39,42-44,77H2,2-4H3,(H,79,87)(H,81,88)(H,82,86)(H,83,91)/t58?,59-,60?,62?,74-/m0/s1. The summed E-state index contributed by atoms with van der Waals surface area (Å²) < 4.78 is 33.3. The van der Waals surface area contributed by atoms with E-state index in [0.717, 1.165) is 33.4 Å². The van der Waals surface area contributed by atoms with Gasteiger partial charge in [-0.3, -0.25) is 29.3 Å². The zero-order valence-electron chi connectivity index (χ0n) is 53.3. The van der Waals surface area contributed by atoms with Crippen LogP contribution in [0, 0.1) is 19.7 Å². The van der Waals surface area contributed by atoms with Crippen molar-refractivity contribution in [2.24, 2.45) is 5.73 Å². The Labute approximate surface area is 549 Å². The lowest BCUT2D eigenvalue weighted by Gasteiger charge is -2.37. The molecule has 2 aromatic heterocycles. The fourth-order valence-corrected chi connectivity index (χ4v) is 13.2. The van der Waals surface area contributed by atoms with E-state index in [1.165, 1.54) is 16.7 Å². The Hall–Kier alpha value is -10.2. The SMILES string of the molecule is C=CCOC(=O)CCC(N)C(=O)NC(Cc1ccccc1)C(=O)NC(CCCCNC(c1ccccc1)(c1ccccc1)c1ccc(C)cc1)C(=O)Nc1ccc(COC(=O)N[C@H]2CCc3c(C)c(F)cc4nc5c(c2c34)Cn2c-5cc3c(c2=O)COC(=O)[C@]3(O)CC)cc1. The van der Waals surface area contributed by atoms with Crippen LogP contribution in [0.5, 0.6) is 0 Å². The molecule has 6 aromatic carbocycles. The molecule has 3 aliphatic rings. The molecule has 0 radical (unpaired) electrons.